The van der Waals surface area contributed by atoms with E-state index in [-0.39, 0.29) is 0 Å². The van der Waals surface area contributed by atoms with Crippen molar-refractivity contribution in [3.8, 4) is 0 Å². The normalized spacial score (nSPS) is 21.9. The van der Waals surface area contributed by atoms with Crippen LogP contribution in [0.4, 0.5) is 0 Å². The molecule has 2 aliphatic rings. The molecule has 0 N–H and O–H groups in total. The van der Waals surface area contributed by atoms with Gasteiger partial charge >= 0.3 is 0 Å². The third-order valence-corrected chi connectivity index (χ3v) is 2.89. The van der Waals surface area contributed by atoms with Crippen LogP contribution < -0.4 is 0 Å². The van der Waals surface area contributed by atoms with Crippen LogP contribution in [0.2, 0.25) is 0 Å². The summed E-state index contributed by atoms with van der Waals surface area (Å²) in [5.41, 5.74) is 2.94. The van der Waals surface area contributed by atoms with Gasteiger partial charge in [0.25, 0.3) is 0 Å². The molecule has 1 aliphatic carbocycles. The number of fused-ring (bicyclic) bond motifs is 1. The summed E-state index contributed by atoms with van der Waals surface area (Å²) in [6, 6.07) is 0. The Hall–Kier alpha value is -0.430. The fraction of sp³-hybridized carbons (Fsp3) is 0.333. The second-order valence-corrected chi connectivity index (χ2v) is 3.61. The summed E-state index contributed by atoms with van der Waals surface area (Å²) < 4.78 is 0. The molecule has 0 aromatic carbocycles. The van der Waals surface area contributed by atoms with Gasteiger partial charge in [-0.2, -0.15) is 0 Å². The monoisotopic (exact) mass is 150 g/mol. The average molecular weight is 150 g/mol. The summed E-state index contributed by atoms with van der Waals surface area (Å²) in [4.78, 5) is 1.48. The van der Waals surface area contributed by atoms with Gasteiger partial charge in [-0.25, -0.2) is 0 Å². The third kappa shape index (κ3) is 0.853. The Labute approximate surface area is 65.7 Å². The minimum absolute atomic E-state index is 1.17. The number of hydrogen-bond acceptors (Lipinski definition) is 1. The van der Waals surface area contributed by atoms with Gasteiger partial charge in [-0.05, 0) is 23.6 Å². The maximum atomic E-state index is 2.31. The minimum Gasteiger partial charge on any atom is -0.121 e. The molecule has 0 nitrogen and oxygen atoms in total. The van der Waals surface area contributed by atoms with Crippen molar-refractivity contribution in [1.82, 2.24) is 0 Å². The Morgan fingerprint density at radius 2 is 2.40 bits per heavy atom. The predicted molar refractivity (Wildman–Crippen MR) is 47.0 cm³/mol. The summed E-state index contributed by atoms with van der Waals surface area (Å²) in [6.07, 6.45) is 8.08. The van der Waals surface area contributed by atoms with E-state index in [1.165, 1.54) is 28.2 Å². The Morgan fingerprint density at radius 1 is 1.50 bits per heavy atom. The quantitative estimate of drug-likeness (QED) is 0.554. The van der Waals surface area contributed by atoms with E-state index in [9.17, 15) is 0 Å². The van der Waals surface area contributed by atoms with Crippen LogP contribution in [-0.2, 0) is 0 Å². The van der Waals surface area contributed by atoms with Crippen molar-refractivity contribution < 1.29 is 0 Å². The van der Waals surface area contributed by atoms with E-state index in [0.29, 0.717) is 0 Å². The van der Waals surface area contributed by atoms with Crippen LogP contribution in [0.25, 0.3) is 0 Å². The van der Waals surface area contributed by atoms with Crippen LogP contribution in [0.3, 0.4) is 0 Å². The lowest BCUT2D eigenvalue weighted by atomic mass is 10.2. The zero-order chi connectivity index (χ0) is 6.97. The molecule has 0 saturated heterocycles. The third-order valence-electron chi connectivity index (χ3n) is 1.89. The summed E-state index contributed by atoms with van der Waals surface area (Å²) >= 11 is 1.95. The van der Waals surface area contributed by atoms with E-state index in [4.69, 9.17) is 0 Å². The van der Waals surface area contributed by atoms with Crippen LogP contribution in [0, 0.1) is 0 Å². The standard InChI is InChI=1S/C9H10S/c1-2-7-5-8-3-4-10-9(8)6-7/h3,5-6H,2,4H2,1H3. The van der Waals surface area contributed by atoms with Gasteiger partial charge in [0.2, 0.25) is 0 Å². The molecule has 0 unspecified atom stereocenters. The van der Waals surface area contributed by atoms with Crippen molar-refractivity contribution in [3.63, 3.8) is 0 Å². The van der Waals surface area contributed by atoms with E-state index < -0.39 is 0 Å². The van der Waals surface area contributed by atoms with E-state index in [1.54, 1.807) is 0 Å². The molecule has 2 rings (SSSR count). The van der Waals surface area contributed by atoms with Crippen molar-refractivity contribution in [2.45, 2.75) is 13.3 Å². The first-order chi connectivity index (χ1) is 4.90. The van der Waals surface area contributed by atoms with Crippen LogP contribution in [-0.4, -0.2) is 5.75 Å². The molecule has 0 aromatic rings. The number of rotatable bonds is 1. The maximum absolute atomic E-state index is 2.31. The van der Waals surface area contributed by atoms with Crippen LogP contribution in [0.15, 0.2) is 34.3 Å². The minimum atomic E-state index is 1.17. The average Bonchev–Trinajstić information content (AvgIpc) is 2.42. The highest BCUT2D eigenvalue weighted by Gasteiger charge is 2.15. The van der Waals surface area contributed by atoms with E-state index in [0.717, 1.165) is 0 Å². The Morgan fingerprint density at radius 3 is 3.10 bits per heavy atom. The molecule has 10 heavy (non-hydrogen) atoms. The highest BCUT2D eigenvalue weighted by Crippen LogP contribution is 2.38. The maximum Gasteiger partial charge on any atom is 0.0170 e. The topological polar surface area (TPSA) is 0 Å². The molecule has 1 heteroatoms. The molecule has 1 aliphatic heterocycles. The Bertz CT molecular complexity index is 243. The Kier molecular flexibility index (Phi) is 1.46. The van der Waals surface area contributed by atoms with Gasteiger partial charge in [0, 0.05) is 10.7 Å². The summed E-state index contributed by atoms with van der Waals surface area (Å²) in [6.45, 7) is 2.20. The lowest BCUT2D eigenvalue weighted by molar-refractivity contribution is 1.16. The summed E-state index contributed by atoms with van der Waals surface area (Å²) in [5, 5.41) is 0. The highest BCUT2D eigenvalue weighted by atomic mass is 32.2. The number of thioether (sulfide) groups is 1. The van der Waals surface area contributed by atoms with Crippen LogP contribution in [0.5, 0.6) is 0 Å². The van der Waals surface area contributed by atoms with Gasteiger partial charge < -0.3 is 0 Å². The first kappa shape index (κ1) is 6.29. The number of hydrogen-bond donors (Lipinski definition) is 0. The van der Waals surface area contributed by atoms with Gasteiger partial charge in [0.1, 0.15) is 0 Å². The molecule has 0 atom stereocenters. The molecule has 0 aromatic heterocycles. The molecule has 0 radical (unpaired) electrons. The predicted octanol–water partition coefficient (Wildman–Crippen LogP) is 2.89. The fourth-order valence-electron chi connectivity index (χ4n) is 1.27. The molecular weight excluding hydrogens is 140 g/mol. The van der Waals surface area contributed by atoms with Gasteiger partial charge in [0.05, 0.1) is 0 Å². The lowest BCUT2D eigenvalue weighted by Gasteiger charge is -1.88. The van der Waals surface area contributed by atoms with Crippen molar-refractivity contribution in [3.05, 3.63) is 34.3 Å². The second kappa shape index (κ2) is 2.31. The molecule has 0 bridgehead atoms. The zero-order valence-corrected chi connectivity index (χ0v) is 6.87. The van der Waals surface area contributed by atoms with Crippen LogP contribution in [0.1, 0.15) is 13.3 Å². The molecular formula is C9H10S. The summed E-state index contributed by atoms with van der Waals surface area (Å²) in [7, 11) is 0. The van der Waals surface area contributed by atoms with Gasteiger partial charge in [-0.3, -0.25) is 0 Å². The van der Waals surface area contributed by atoms with Crippen molar-refractivity contribution >= 4 is 11.8 Å². The highest BCUT2D eigenvalue weighted by molar-refractivity contribution is 8.03. The lowest BCUT2D eigenvalue weighted by Crippen LogP contribution is -1.67. The first-order valence-electron chi connectivity index (χ1n) is 3.66. The zero-order valence-electron chi connectivity index (χ0n) is 6.05. The number of allylic oxidation sites excluding steroid dienone is 4. The first-order valence-corrected chi connectivity index (χ1v) is 4.64. The van der Waals surface area contributed by atoms with E-state index in [2.05, 4.69) is 25.2 Å². The molecule has 52 valence electrons. The van der Waals surface area contributed by atoms with Gasteiger partial charge in [-0.1, -0.05) is 19.1 Å². The molecule has 0 fully saturated rings. The summed E-state index contributed by atoms with van der Waals surface area (Å²) in [5.74, 6) is 1.18. The van der Waals surface area contributed by atoms with Crippen molar-refractivity contribution in [1.29, 1.82) is 0 Å². The SMILES string of the molecule is CCC1=CC2=CCSC2=C1. The largest absolute Gasteiger partial charge is 0.121 e. The van der Waals surface area contributed by atoms with Crippen LogP contribution >= 0.6 is 11.8 Å². The van der Waals surface area contributed by atoms with Gasteiger partial charge in [0.15, 0.2) is 0 Å². The van der Waals surface area contributed by atoms with Gasteiger partial charge in [-0.15, -0.1) is 11.8 Å². The molecule has 0 amide bonds. The fourth-order valence-corrected chi connectivity index (χ4v) is 2.26. The van der Waals surface area contributed by atoms with Crippen molar-refractivity contribution in [2.75, 3.05) is 5.75 Å². The smallest absolute Gasteiger partial charge is 0.0170 e. The van der Waals surface area contributed by atoms with Crippen molar-refractivity contribution in [2.24, 2.45) is 0 Å². The molecule has 1 heterocycles. The van der Waals surface area contributed by atoms with E-state index >= 15 is 0 Å². The molecule has 0 spiro atoms. The van der Waals surface area contributed by atoms with E-state index in [1.807, 2.05) is 11.8 Å². The molecule has 0 saturated carbocycles. The second-order valence-electron chi connectivity index (χ2n) is 2.55. The Balaban J connectivity index is 2.33.